The number of methoxy groups -OCH3 is 1. The molecule has 1 amide bonds. The summed E-state index contributed by atoms with van der Waals surface area (Å²) in [6.45, 7) is 0. The highest BCUT2D eigenvalue weighted by Crippen LogP contribution is 2.23. The van der Waals surface area contributed by atoms with E-state index in [1.54, 1.807) is 7.11 Å². The minimum Gasteiger partial charge on any atom is -0.497 e. The summed E-state index contributed by atoms with van der Waals surface area (Å²) in [7, 11) is 0.363. The quantitative estimate of drug-likeness (QED) is 0.888. The summed E-state index contributed by atoms with van der Waals surface area (Å²) in [5.41, 5.74) is 8.06. The molecule has 0 unspecified atom stereocenters. The molecular formula is C16H17NO3S. The predicted octanol–water partition coefficient (Wildman–Crippen LogP) is 2.10. The third-order valence-corrected chi connectivity index (χ3v) is 4.24. The van der Waals surface area contributed by atoms with E-state index in [1.165, 1.54) is 0 Å². The van der Waals surface area contributed by atoms with Crippen LogP contribution >= 0.6 is 0 Å². The Bertz CT molecular complexity index is 653. The Morgan fingerprint density at radius 3 is 2.48 bits per heavy atom. The number of primary amides is 1. The molecule has 2 rings (SSSR count). The first-order chi connectivity index (χ1) is 10.1. The normalized spacial score (nSPS) is 11.9. The number of benzene rings is 2. The van der Waals surface area contributed by atoms with Crippen LogP contribution in [0.1, 0.15) is 5.56 Å². The van der Waals surface area contributed by atoms with E-state index in [2.05, 4.69) is 0 Å². The molecule has 0 spiro atoms. The van der Waals surface area contributed by atoms with Crippen LogP contribution in [-0.4, -0.2) is 23.0 Å². The van der Waals surface area contributed by atoms with Crippen molar-refractivity contribution in [1.29, 1.82) is 0 Å². The number of nitrogens with two attached hydrogens (primary N) is 1. The van der Waals surface area contributed by atoms with Gasteiger partial charge in [-0.05, 0) is 28.8 Å². The zero-order valence-corrected chi connectivity index (χ0v) is 12.6. The number of rotatable bonds is 6. The molecule has 2 aromatic carbocycles. The highest BCUT2D eigenvalue weighted by atomic mass is 32.2. The third kappa shape index (κ3) is 4.43. The maximum atomic E-state index is 11.7. The van der Waals surface area contributed by atoms with Crippen LogP contribution < -0.4 is 10.5 Å². The smallest absolute Gasteiger partial charge is 0.230 e. The second kappa shape index (κ2) is 7.04. The fraction of sp³-hybridized carbons (Fsp3) is 0.188. The Labute approximate surface area is 126 Å². The minimum atomic E-state index is -1.27. The summed E-state index contributed by atoms with van der Waals surface area (Å²) in [5, 5.41) is 0. The topological polar surface area (TPSA) is 69.4 Å². The average molecular weight is 303 g/mol. The highest BCUT2D eigenvalue weighted by Gasteiger charge is 2.07. The molecule has 110 valence electrons. The van der Waals surface area contributed by atoms with Gasteiger partial charge in [-0.25, -0.2) is 0 Å². The van der Waals surface area contributed by atoms with Gasteiger partial charge in [0.25, 0.3) is 0 Å². The summed E-state index contributed by atoms with van der Waals surface area (Å²) >= 11 is 0. The number of hydrogen-bond acceptors (Lipinski definition) is 3. The first-order valence-corrected chi connectivity index (χ1v) is 7.94. The summed E-state index contributed by atoms with van der Waals surface area (Å²) in [6.07, 6.45) is 0. The monoisotopic (exact) mass is 303 g/mol. The van der Waals surface area contributed by atoms with Gasteiger partial charge in [0.15, 0.2) is 0 Å². The van der Waals surface area contributed by atoms with Crippen molar-refractivity contribution < 1.29 is 13.7 Å². The summed E-state index contributed by atoms with van der Waals surface area (Å²) in [4.78, 5) is 10.8. The van der Waals surface area contributed by atoms with Crippen LogP contribution in [0.5, 0.6) is 5.75 Å². The van der Waals surface area contributed by atoms with Gasteiger partial charge in [0.1, 0.15) is 11.5 Å². The van der Waals surface area contributed by atoms with Crippen LogP contribution in [0, 0.1) is 0 Å². The van der Waals surface area contributed by atoms with Crippen LogP contribution in [0.3, 0.4) is 0 Å². The van der Waals surface area contributed by atoms with Crippen molar-refractivity contribution in [3.8, 4) is 16.9 Å². The largest absolute Gasteiger partial charge is 0.497 e. The fourth-order valence-electron chi connectivity index (χ4n) is 2.02. The van der Waals surface area contributed by atoms with Crippen LogP contribution in [0.2, 0.25) is 0 Å². The molecule has 0 fully saturated rings. The third-order valence-electron chi connectivity index (χ3n) is 2.98. The maximum Gasteiger partial charge on any atom is 0.230 e. The van der Waals surface area contributed by atoms with Gasteiger partial charge in [0, 0.05) is 16.6 Å². The van der Waals surface area contributed by atoms with Gasteiger partial charge in [-0.1, -0.05) is 36.4 Å². The summed E-state index contributed by atoms with van der Waals surface area (Å²) in [6, 6.07) is 15.5. The van der Waals surface area contributed by atoms with Gasteiger partial charge in [-0.3, -0.25) is 9.00 Å². The van der Waals surface area contributed by atoms with E-state index in [9.17, 15) is 9.00 Å². The van der Waals surface area contributed by atoms with E-state index in [-0.39, 0.29) is 5.75 Å². The average Bonchev–Trinajstić information content (AvgIpc) is 2.46. The minimum absolute atomic E-state index is 0.104. The summed E-state index contributed by atoms with van der Waals surface area (Å²) < 4.78 is 16.9. The van der Waals surface area contributed by atoms with Crippen molar-refractivity contribution in [2.24, 2.45) is 5.73 Å². The van der Waals surface area contributed by atoms with Crippen molar-refractivity contribution in [2.45, 2.75) is 5.75 Å². The molecule has 1 atom stereocenters. The van der Waals surface area contributed by atoms with E-state index in [0.29, 0.717) is 5.75 Å². The van der Waals surface area contributed by atoms with E-state index >= 15 is 0 Å². The second-order valence-corrected chi connectivity index (χ2v) is 6.08. The predicted molar refractivity (Wildman–Crippen MR) is 84.3 cm³/mol. The van der Waals surface area contributed by atoms with E-state index in [1.807, 2.05) is 48.5 Å². The lowest BCUT2D eigenvalue weighted by Crippen LogP contribution is -2.20. The van der Waals surface area contributed by atoms with Crippen molar-refractivity contribution in [2.75, 3.05) is 12.9 Å². The van der Waals surface area contributed by atoms with Gasteiger partial charge in [-0.15, -0.1) is 0 Å². The Kier molecular flexibility index (Phi) is 5.11. The standard InChI is InChI=1S/C16H17NO3S/c1-20-15-7-5-13(6-8-15)14-4-2-3-12(9-14)10-21(19)11-16(17)18/h2-9H,10-11H2,1H3,(H2,17,18)/t21-/m1/s1. The lowest BCUT2D eigenvalue weighted by atomic mass is 10.0. The second-order valence-electron chi connectivity index (χ2n) is 4.62. The molecule has 0 heterocycles. The highest BCUT2D eigenvalue weighted by molar-refractivity contribution is 7.84. The SMILES string of the molecule is COc1ccc(-c2cccc(C[S@@](=O)CC(N)=O)c2)cc1. The van der Waals surface area contributed by atoms with Crippen molar-refractivity contribution in [3.63, 3.8) is 0 Å². The molecule has 0 radical (unpaired) electrons. The Morgan fingerprint density at radius 2 is 1.86 bits per heavy atom. The fourth-order valence-corrected chi connectivity index (χ4v) is 2.99. The number of carbonyl (C=O) groups excluding carboxylic acids is 1. The van der Waals surface area contributed by atoms with Crippen LogP contribution in [-0.2, 0) is 21.3 Å². The molecule has 0 aliphatic heterocycles. The number of amides is 1. The molecule has 4 nitrogen and oxygen atoms in total. The van der Waals surface area contributed by atoms with Crippen LogP contribution in [0.4, 0.5) is 0 Å². The Balaban J connectivity index is 2.16. The number of carbonyl (C=O) groups is 1. The van der Waals surface area contributed by atoms with Crippen LogP contribution in [0.25, 0.3) is 11.1 Å². The van der Waals surface area contributed by atoms with E-state index < -0.39 is 16.7 Å². The lowest BCUT2D eigenvalue weighted by Gasteiger charge is -2.06. The number of ether oxygens (including phenoxy) is 1. The molecule has 0 aromatic heterocycles. The Hall–Kier alpha value is -2.14. The first-order valence-electron chi connectivity index (χ1n) is 6.45. The molecule has 21 heavy (non-hydrogen) atoms. The van der Waals surface area contributed by atoms with Gasteiger partial charge in [0.05, 0.1) is 7.11 Å². The Morgan fingerprint density at radius 1 is 1.14 bits per heavy atom. The molecule has 0 bridgehead atoms. The van der Waals surface area contributed by atoms with Crippen molar-refractivity contribution in [1.82, 2.24) is 0 Å². The molecule has 0 saturated carbocycles. The molecule has 2 aromatic rings. The molecular weight excluding hydrogens is 286 g/mol. The molecule has 0 aliphatic carbocycles. The molecule has 0 saturated heterocycles. The van der Waals surface area contributed by atoms with E-state index in [4.69, 9.17) is 10.5 Å². The van der Waals surface area contributed by atoms with Gasteiger partial charge >= 0.3 is 0 Å². The number of hydrogen-bond donors (Lipinski definition) is 1. The van der Waals surface area contributed by atoms with Gasteiger partial charge in [-0.2, -0.15) is 0 Å². The van der Waals surface area contributed by atoms with E-state index in [0.717, 1.165) is 22.4 Å². The summed E-state index contributed by atoms with van der Waals surface area (Å²) in [5.74, 6) is 0.483. The lowest BCUT2D eigenvalue weighted by molar-refractivity contribution is -0.115. The molecule has 0 aliphatic rings. The molecule has 2 N–H and O–H groups in total. The zero-order chi connectivity index (χ0) is 15.2. The van der Waals surface area contributed by atoms with Gasteiger partial charge < -0.3 is 10.5 Å². The first kappa shape index (κ1) is 15.3. The van der Waals surface area contributed by atoms with Crippen molar-refractivity contribution in [3.05, 3.63) is 54.1 Å². The van der Waals surface area contributed by atoms with Crippen molar-refractivity contribution >= 4 is 16.7 Å². The maximum absolute atomic E-state index is 11.7. The van der Waals surface area contributed by atoms with Crippen LogP contribution in [0.15, 0.2) is 48.5 Å². The molecule has 5 heteroatoms. The van der Waals surface area contributed by atoms with Gasteiger partial charge in [0.2, 0.25) is 5.91 Å². The zero-order valence-electron chi connectivity index (χ0n) is 11.7.